The summed E-state index contributed by atoms with van der Waals surface area (Å²) in [5.41, 5.74) is 0. The van der Waals surface area contributed by atoms with Crippen LogP contribution in [0.25, 0.3) is 0 Å². The smallest absolute Gasteiger partial charge is 0.262 e. The van der Waals surface area contributed by atoms with Crippen LogP contribution in [-0.2, 0) is 0 Å². The molecule has 1 fully saturated rings. The largest absolute Gasteiger partial charge is 0.488 e. The van der Waals surface area contributed by atoms with Gasteiger partial charge in [-0.15, -0.1) is 0 Å². The summed E-state index contributed by atoms with van der Waals surface area (Å²) in [5, 5.41) is 3.33. The Labute approximate surface area is 133 Å². The number of nitrogens with one attached hydrogen (secondary N) is 1. The summed E-state index contributed by atoms with van der Waals surface area (Å²) in [6, 6.07) is 6.84. The average Bonchev–Trinajstić information content (AvgIpc) is 2.58. The molecule has 1 saturated heterocycles. The Morgan fingerprint density at radius 2 is 2.13 bits per heavy atom. The van der Waals surface area contributed by atoms with Crippen LogP contribution in [0.1, 0.15) is 12.8 Å². The molecule has 0 bridgehead atoms. The Morgan fingerprint density at radius 3 is 2.91 bits per heavy atom. The van der Waals surface area contributed by atoms with Gasteiger partial charge in [-0.25, -0.2) is 13.8 Å². The number of halogens is 2. The molecule has 2 heterocycles. The molecule has 1 atom stereocenters. The fourth-order valence-electron chi connectivity index (χ4n) is 2.49. The Balaban J connectivity index is 1.68. The number of piperidine rings is 1. The molecule has 1 aliphatic rings. The lowest BCUT2D eigenvalue weighted by Crippen LogP contribution is -2.33. The zero-order chi connectivity index (χ0) is 16.1. The van der Waals surface area contributed by atoms with Gasteiger partial charge in [-0.1, -0.05) is 0 Å². The van der Waals surface area contributed by atoms with Gasteiger partial charge in [0.2, 0.25) is 0 Å². The highest BCUT2D eigenvalue weighted by Gasteiger charge is 2.15. The second-order valence-corrected chi connectivity index (χ2v) is 5.51. The van der Waals surface area contributed by atoms with Crippen LogP contribution in [0, 0.1) is 17.6 Å². The average molecular weight is 320 g/mol. The Hall–Kier alpha value is -2.21. The second-order valence-electron chi connectivity index (χ2n) is 5.51. The van der Waals surface area contributed by atoms with Crippen molar-refractivity contribution in [1.29, 1.82) is 0 Å². The molecule has 0 saturated carbocycles. The predicted molar refractivity (Wildman–Crippen MR) is 81.8 cm³/mol. The van der Waals surface area contributed by atoms with E-state index in [1.807, 2.05) is 0 Å². The first kappa shape index (κ1) is 15.7. The van der Waals surface area contributed by atoms with E-state index < -0.39 is 11.6 Å². The second kappa shape index (κ2) is 7.37. The van der Waals surface area contributed by atoms with Crippen LogP contribution in [-0.4, -0.2) is 24.7 Å². The Morgan fingerprint density at radius 1 is 1.22 bits per heavy atom. The zero-order valence-electron chi connectivity index (χ0n) is 12.6. The highest BCUT2D eigenvalue weighted by atomic mass is 19.2. The van der Waals surface area contributed by atoms with E-state index in [1.165, 1.54) is 6.07 Å². The quantitative estimate of drug-likeness (QED) is 0.915. The highest BCUT2D eigenvalue weighted by molar-refractivity contribution is 5.37. The lowest BCUT2D eigenvalue weighted by Gasteiger charge is -2.23. The van der Waals surface area contributed by atoms with Crippen LogP contribution in [0.5, 0.6) is 17.4 Å². The third-order valence-electron chi connectivity index (χ3n) is 3.72. The van der Waals surface area contributed by atoms with Gasteiger partial charge in [-0.2, -0.15) is 0 Å². The van der Waals surface area contributed by atoms with Gasteiger partial charge in [0.15, 0.2) is 17.4 Å². The zero-order valence-corrected chi connectivity index (χ0v) is 12.6. The number of aromatic nitrogens is 1. The summed E-state index contributed by atoms with van der Waals surface area (Å²) in [6.45, 7) is 2.54. The van der Waals surface area contributed by atoms with Crippen LogP contribution in [0.15, 0.2) is 36.5 Å². The first-order valence-electron chi connectivity index (χ1n) is 7.64. The third-order valence-corrected chi connectivity index (χ3v) is 3.72. The first-order valence-corrected chi connectivity index (χ1v) is 7.64. The van der Waals surface area contributed by atoms with Gasteiger partial charge in [0.05, 0.1) is 6.61 Å². The topological polar surface area (TPSA) is 43.4 Å². The van der Waals surface area contributed by atoms with Crippen molar-refractivity contribution in [2.45, 2.75) is 12.8 Å². The number of rotatable bonds is 5. The molecule has 0 unspecified atom stereocenters. The summed E-state index contributed by atoms with van der Waals surface area (Å²) in [6.07, 6.45) is 3.82. The fourth-order valence-corrected chi connectivity index (χ4v) is 2.49. The molecule has 1 aromatic carbocycles. The number of benzene rings is 1. The van der Waals surface area contributed by atoms with Crippen LogP contribution in [0.3, 0.4) is 0 Å². The molecule has 6 heteroatoms. The normalized spacial score (nSPS) is 17.7. The minimum atomic E-state index is -0.964. The van der Waals surface area contributed by atoms with Crippen LogP contribution in [0.4, 0.5) is 8.78 Å². The summed E-state index contributed by atoms with van der Waals surface area (Å²) in [7, 11) is 0. The van der Waals surface area contributed by atoms with Gasteiger partial charge in [0.1, 0.15) is 5.75 Å². The van der Waals surface area contributed by atoms with Crippen LogP contribution >= 0.6 is 0 Å². The fraction of sp³-hybridized carbons (Fsp3) is 0.353. The standard InChI is InChI=1S/C17H18F2N2O2/c18-14-6-5-13(9-15(14)19)23-17-16(4-2-8-21-17)22-11-12-3-1-7-20-10-12/h2,4-6,8-9,12,20H,1,3,7,10-11H2/t12-/m1/s1. The molecule has 2 aromatic rings. The van der Waals surface area contributed by atoms with E-state index in [-0.39, 0.29) is 11.6 Å². The molecule has 0 radical (unpaired) electrons. The van der Waals surface area contributed by atoms with E-state index in [2.05, 4.69) is 10.3 Å². The summed E-state index contributed by atoms with van der Waals surface area (Å²) < 4.78 is 37.6. The van der Waals surface area contributed by atoms with E-state index in [0.29, 0.717) is 18.3 Å². The minimum Gasteiger partial charge on any atom is -0.488 e. The molecule has 4 nitrogen and oxygen atoms in total. The minimum absolute atomic E-state index is 0.173. The lowest BCUT2D eigenvalue weighted by molar-refractivity contribution is 0.211. The van der Waals surface area contributed by atoms with Gasteiger partial charge in [0, 0.05) is 24.7 Å². The SMILES string of the molecule is Fc1ccc(Oc2ncccc2OC[C@@H]2CCCNC2)cc1F. The molecule has 122 valence electrons. The molecule has 0 aliphatic carbocycles. The Bertz CT molecular complexity index is 661. The summed E-state index contributed by atoms with van der Waals surface area (Å²) in [5.74, 6) is -0.536. The van der Waals surface area contributed by atoms with Crippen molar-refractivity contribution in [3.63, 3.8) is 0 Å². The maximum Gasteiger partial charge on any atom is 0.262 e. The van der Waals surface area contributed by atoms with Gasteiger partial charge in [0.25, 0.3) is 5.88 Å². The molecule has 1 N–H and O–H groups in total. The highest BCUT2D eigenvalue weighted by Crippen LogP contribution is 2.30. The number of pyridine rings is 1. The monoisotopic (exact) mass is 320 g/mol. The van der Waals surface area contributed by atoms with E-state index in [1.54, 1.807) is 18.3 Å². The first-order chi connectivity index (χ1) is 11.2. The molecular weight excluding hydrogens is 302 g/mol. The van der Waals surface area contributed by atoms with E-state index >= 15 is 0 Å². The van der Waals surface area contributed by atoms with Crippen molar-refractivity contribution in [3.8, 4) is 17.4 Å². The number of hydrogen-bond donors (Lipinski definition) is 1. The molecule has 23 heavy (non-hydrogen) atoms. The summed E-state index contributed by atoms with van der Waals surface area (Å²) >= 11 is 0. The van der Waals surface area contributed by atoms with Gasteiger partial charge < -0.3 is 14.8 Å². The van der Waals surface area contributed by atoms with Crippen molar-refractivity contribution >= 4 is 0 Å². The number of nitrogens with zero attached hydrogens (tertiary/aromatic N) is 1. The van der Waals surface area contributed by atoms with E-state index in [4.69, 9.17) is 9.47 Å². The lowest BCUT2D eigenvalue weighted by atomic mass is 10.0. The molecular formula is C17H18F2N2O2. The van der Waals surface area contributed by atoms with Crippen molar-refractivity contribution in [2.24, 2.45) is 5.92 Å². The van der Waals surface area contributed by atoms with Crippen LogP contribution < -0.4 is 14.8 Å². The van der Waals surface area contributed by atoms with E-state index in [9.17, 15) is 8.78 Å². The number of hydrogen-bond acceptors (Lipinski definition) is 4. The van der Waals surface area contributed by atoms with E-state index in [0.717, 1.165) is 38.1 Å². The molecule has 3 rings (SSSR count). The van der Waals surface area contributed by atoms with Gasteiger partial charge >= 0.3 is 0 Å². The molecule has 0 amide bonds. The maximum absolute atomic E-state index is 13.3. The van der Waals surface area contributed by atoms with Gasteiger partial charge in [-0.05, 0) is 43.7 Å². The van der Waals surface area contributed by atoms with Crippen LogP contribution in [0.2, 0.25) is 0 Å². The summed E-state index contributed by atoms with van der Waals surface area (Å²) in [4.78, 5) is 4.11. The third kappa shape index (κ3) is 4.16. The molecule has 1 aliphatic heterocycles. The molecule has 0 spiro atoms. The van der Waals surface area contributed by atoms with Crippen molar-refractivity contribution < 1.29 is 18.3 Å². The Kier molecular flexibility index (Phi) is 5.02. The predicted octanol–water partition coefficient (Wildman–Crippen LogP) is 3.53. The molecule has 1 aromatic heterocycles. The number of ether oxygens (including phenoxy) is 2. The van der Waals surface area contributed by atoms with Crippen molar-refractivity contribution in [3.05, 3.63) is 48.2 Å². The van der Waals surface area contributed by atoms with Gasteiger partial charge in [-0.3, -0.25) is 0 Å². The maximum atomic E-state index is 13.3. The van der Waals surface area contributed by atoms with Crippen molar-refractivity contribution in [2.75, 3.05) is 19.7 Å². The van der Waals surface area contributed by atoms with Crippen molar-refractivity contribution in [1.82, 2.24) is 10.3 Å².